The van der Waals surface area contributed by atoms with Gasteiger partial charge in [0.05, 0.1) is 12.1 Å². The number of hydrogen-bond donors (Lipinski definition) is 2. The van der Waals surface area contributed by atoms with Crippen LogP contribution in [0.15, 0.2) is 29.5 Å². The zero-order valence-electron chi connectivity index (χ0n) is 16.6. The molecule has 0 aliphatic rings. The van der Waals surface area contributed by atoms with E-state index in [0.29, 0.717) is 18.3 Å². The molecule has 154 valence electrons. The minimum atomic E-state index is -4.50. The predicted octanol–water partition coefficient (Wildman–Crippen LogP) is 2.88. The van der Waals surface area contributed by atoms with Gasteiger partial charge in [-0.25, -0.2) is 4.98 Å². The van der Waals surface area contributed by atoms with Crippen molar-refractivity contribution in [3.63, 3.8) is 0 Å². The summed E-state index contributed by atoms with van der Waals surface area (Å²) >= 11 is 0. The Morgan fingerprint density at radius 3 is 2.39 bits per heavy atom. The van der Waals surface area contributed by atoms with E-state index in [1.807, 2.05) is 0 Å². The highest BCUT2D eigenvalue weighted by atomic mass is 19.4. The molecule has 2 N–H and O–H groups in total. The van der Waals surface area contributed by atoms with E-state index in [1.54, 1.807) is 32.5 Å². The lowest BCUT2D eigenvalue weighted by Gasteiger charge is -2.23. The summed E-state index contributed by atoms with van der Waals surface area (Å²) in [6.07, 6.45) is -3.08. The molecular weight excluding hydrogens is 373 g/mol. The minimum Gasteiger partial charge on any atom is -0.488 e. The molecule has 2 rings (SSSR count). The van der Waals surface area contributed by atoms with Crippen LogP contribution in [0.1, 0.15) is 37.7 Å². The van der Waals surface area contributed by atoms with Crippen molar-refractivity contribution in [1.29, 1.82) is 0 Å². The molecule has 0 atom stereocenters. The maximum absolute atomic E-state index is 13.5. The monoisotopic (exact) mass is 398 g/mol. The average Bonchev–Trinajstić information content (AvgIpc) is 2.98. The van der Waals surface area contributed by atoms with E-state index in [1.165, 1.54) is 25.5 Å². The number of aromatic nitrogens is 3. The summed E-state index contributed by atoms with van der Waals surface area (Å²) in [5.41, 5.74) is -1.24. The molecule has 1 heterocycles. The number of nitrogens with zero attached hydrogens (tertiary/aromatic N) is 4. The zero-order chi connectivity index (χ0) is 20.9. The first-order chi connectivity index (χ1) is 13.0. The fourth-order valence-electron chi connectivity index (χ4n) is 2.43. The van der Waals surface area contributed by atoms with Gasteiger partial charge >= 0.3 is 6.18 Å². The topological polar surface area (TPSA) is 76.4 Å². The van der Waals surface area contributed by atoms with Gasteiger partial charge in [-0.1, -0.05) is 6.07 Å². The number of guanidine groups is 1. The van der Waals surface area contributed by atoms with Gasteiger partial charge in [0, 0.05) is 20.6 Å². The molecule has 0 saturated carbocycles. The van der Waals surface area contributed by atoms with Gasteiger partial charge in [0.15, 0.2) is 5.96 Å². The van der Waals surface area contributed by atoms with Crippen molar-refractivity contribution in [1.82, 2.24) is 25.4 Å². The number of hydrogen-bond acceptors (Lipinski definition) is 4. The number of nitrogens with one attached hydrogen (secondary N) is 2. The molecule has 7 nitrogen and oxygen atoms in total. The van der Waals surface area contributed by atoms with Gasteiger partial charge in [0.1, 0.15) is 23.5 Å². The van der Waals surface area contributed by atoms with Crippen molar-refractivity contribution in [2.24, 2.45) is 12.0 Å². The van der Waals surface area contributed by atoms with Crippen molar-refractivity contribution >= 4 is 5.96 Å². The second-order valence-corrected chi connectivity index (χ2v) is 7.11. The highest BCUT2D eigenvalue weighted by Gasteiger charge is 2.34. The third-order valence-corrected chi connectivity index (χ3v) is 3.70. The smallest absolute Gasteiger partial charge is 0.416 e. The third kappa shape index (κ3) is 6.14. The summed E-state index contributed by atoms with van der Waals surface area (Å²) in [6.45, 7) is 5.62. The standard InChI is InChI=1S/C18H25F3N6O/c1-17(2,3)28-13-7-6-12(14(8-13)18(19,20)21)9-23-16(22-4)24-10-15-25-11-26-27(15)5/h6-8,11H,9-10H2,1-5H3,(H2,22,23,24). The molecule has 0 aliphatic carbocycles. The van der Waals surface area contributed by atoms with Gasteiger partial charge in [-0.15, -0.1) is 0 Å². The van der Waals surface area contributed by atoms with E-state index in [2.05, 4.69) is 25.7 Å². The second-order valence-electron chi connectivity index (χ2n) is 7.11. The molecule has 0 unspecified atom stereocenters. The fourth-order valence-corrected chi connectivity index (χ4v) is 2.43. The number of benzene rings is 1. The minimum absolute atomic E-state index is 0.0525. The lowest BCUT2D eigenvalue weighted by atomic mass is 10.1. The lowest BCUT2D eigenvalue weighted by molar-refractivity contribution is -0.138. The molecule has 0 spiro atoms. The van der Waals surface area contributed by atoms with Gasteiger partial charge in [0.2, 0.25) is 0 Å². The summed E-state index contributed by atoms with van der Waals surface area (Å²) in [5.74, 6) is 1.20. The Bertz CT molecular complexity index is 823. The summed E-state index contributed by atoms with van der Waals surface area (Å²) in [7, 11) is 3.29. The van der Waals surface area contributed by atoms with Crippen molar-refractivity contribution in [2.45, 2.75) is 45.6 Å². The van der Waals surface area contributed by atoms with Crippen LogP contribution in [-0.4, -0.2) is 33.4 Å². The molecule has 10 heteroatoms. The predicted molar refractivity (Wildman–Crippen MR) is 99.9 cm³/mol. The Kier molecular flexibility index (Phi) is 6.52. The molecule has 28 heavy (non-hydrogen) atoms. The first kappa shape index (κ1) is 21.5. The van der Waals surface area contributed by atoms with Crippen molar-refractivity contribution in [3.05, 3.63) is 41.5 Å². The summed E-state index contributed by atoms with van der Waals surface area (Å²) in [5, 5.41) is 9.84. The molecular formula is C18H25F3N6O. The zero-order valence-corrected chi connectivity index (χ0v) is 16.6. The molecule has 0 fully saturated rings. The van der Waals surface area contributed by atoms with Crippen LogP contribution in [0.25, 0.3) is 0 Å². The average molecular weight is 398 g/mol. The van der Waals surface area contributed by atoms with E-state index < -0.39 is 17.3 Å². The quantitative estimate of drug-likeness (QED) is 0.598. The van der Waals surface area contributed by atoms with Crippen LogP contribution in [0, 0.1) is 0 Å². The van der Waals surface area contributed by atoms with E-state index in [0.717, 1.165) is 6.07 Å². The van der Waals surface area contributed by atoms with Crippen LogP contribution in [0.5, 0.6) is 5.75 Å². The van der Waals surface area contributed by atoms with E-state index in [4.69, 9.17) is 4.74 Å². The molecule has 0 amide bonds. The Balaban J connectivity index is 2.10. The molecule has 1 aromatic heterocycles. The highest BCUT2D eigenvalue weighted by molar-refractivity contribution is 5.79. The summed E-state index contributed by atoms with van der Waals surface area (Å²) in [4.78, 5) is 8.09. The number of aryl methyl sites for hydroxylation is 1. The first-order valence-corrected chi connectivity index (χ1v) is 8.66. The van der Waals surface area contributed by atoms with Crippen molar-refractivity contribution in [3.8, 4) is 5.75 Å². The summed E-state index contributed by atoms with van der Waals surface area (Å²) in [6, 6.07) is 3.97. The van der Waals surface area contributed by atoms with Crippen molar-refractivity contribution in [2.75, 3.05) is 7.05 Å². The molecule has 0 bridgehead atoms. The van der Waals surface area contributed by atoms with Crippen LogP contribution in [0.4, 0.5) is 13.2 Å². The lowest BCUT2D eigenvalue weighted by Crippen LogP contribution is -2.37. The van der Waals surface area contributed by atoms with Gasteiger partial charge in [-0.05, 0) is 38.5 Å². The van der Waals surface area contributed by atoms with E-state index in [-0.39, 0.29) is 17.9 Å². The van der Waals surface area contributed by atoms with E-state index >= 15 is 0 Å². The SMILES string of the molecule is CN=C(NCc1ccc(OC(C)(C)C)cc1C(F)(F)F)NCc1ncnn1C. The number of halogens is 3. The molecule has 0 aliphatic heterocycles. The largest absolute Gasteiger partial charge is 0.488 e. The fraction of sp³-hybridized carbons (Fsp3) is 0.500. The number of rotatable bonds is 5. The van der Waals surface area contributed by atoms with Gasteiger partial charge < -0.3 is 15.4 Å². The maximum atomic E-state index is 13.5. The Morgan fingerprint density at radius 2 is 1.86 bits per heavy atom. The van der Waals surface area contributed by atoms with Gasteiger partial charge in [-0.3, -0.25) is 9.67 Å². The van der Waals surface area contributed by atoms with Crippen molar-refractivity contribution < 1.29 is 17.9 Å². The molecule has 0 saturated heterocycles. The number of alkyl halides is 3. The van der Waals surface area contributed by atoms with Gasteiger partial charge in [-0.2, -0.15) is 18.3 Å². The van der Waals surface area contributed by atoms with Crippen LogP contribution in [0.3, 0.4) is 0 Å². The molecule has 1 aromatic carbocycles. The Hall–Kier alpha value is -2.78. The Labute approximate surface area is 162 Å². The summed E-state index contributed by atoms with van der Waals surface area (Å²) < 4.78 is 47.6. The maximum Gasteiger partial charge on any atom is 0.416 e. The molecule has 0 radical (unpaired) electrons. The van der Waals surface area contributed by atoms with Crippen LogP contribution in [-0.2, 0) is 26.3 Å². The third-order valence-electron chi connectivity index (χ3n) is 3.70. The highest BCUT2D eigenvalue weighted by Crippen LogP contribution is 2.35. The Morgan fingerprint density at radius 1 is 1.18 bits per heavy atom. The number of ether oxygens (including phenoxy) is 1. The van der Waals surface area contributed by atoms with Gasteiger partial charge in [0.25, 0.3) is 0 Å². The normalized spacial score (nSPS) is 12.8. The molecule has 2 aromatic rings. The van der Waals surface area contributed by atoms with E-state index in [9.17, 15) is 13.2 Å². The number of aliphatic imine (C=N–C) groups is 1. The first-order valence-electron chi connectivity index (χ1n) is 8.66. The van der Waals surface area contributed by atoms with Crippen LogP contribution >= 0.6 is 0 Å². The van der Waals surface area contributed by atoms with Crippen LogP contribution < -0.4 is 15.4 Å². The van der Waals surface area contributed by atoms with Crippen LogP contribution in [0.2, 0.25) is 0 Å². The second kappa shape index (κ2) is 8.49.